The Morgan fingerprint density at radius 1 is 0.800 bits per heavy atom. The van der Waals surface area contributed by atoms with E-state index in [1.165, 1.54) is 14.2 Å². The summed E-state index contributed by atoms with van der Waals surface area (Å²) < 4.78 is 15.7. The van der Waals surface area contributed by atoms with Crippen molar-refractivity contribution in [3.05, 3.63) is 72.4 Å². The number of nitrogens with zero attached hydrogens (tertiary/aromatic N) is 4. The summed E-state index contributed by atoms with van der Waals surface area (Å²) >= 11 is 0. The molecule has 0 unspecified atom stereocenters. The number of alkyl carbamates (subject to hydrolysis) is 2. The third kappa shape index (κ3) is 8.55. The zero-order valence-corrected chi connectivity index (χ0v) is 38.3. The van der Waals surface area contributed by atoms with E-state index >= 15 is 0 Å². The van der Waals surface area contributed by atoms with Crippen LogP contribution in [0.5, 0.6) is 0 Å². The first-order chi connectivity index (χ1) is 31.4. The number of fused-ring (bicyclic) bond motifs is 4. The van der Waals surface area contributed by atoms with Gasteiger partial charge in [0.25, 0.3) is 0 Å². The van der Waals surface area contributed by atoms with Crippen LogP contribution in [0, 0.1) is 23.2 Å². The number of benzene rings is 3. The molecule has 4 N–H and O–H groups in total. The lowest BCUT2D eigenvalue weighted by Gasteiger charge is -2.36. The number of hydrogen-bond donors (Lipinski definition) is 4. The summed E-state index contributed by atoms with van der Waals surface area (Å²) in [5.74, 6) is 1.38. The summed E-state index contributed by atoms with van der Waals surface area (Å²) in [6.07, 6.45) is 8.30. The van der Waals surface area contributed by atoms with Gasteiger partial charge in [-0.25, -0.2) is 19.6 Å². The van der Waals surface area contributed by atoms with Crippen LogP contribution in [0.3, 0.4) is 0 Å². The van der Waals surface area contributed by atoms with Crippen molar-refractivity contribution in [2.24, 2.45) is 23.2 Å². The fraction of sp³-hybridized carbons (Fsp3) is 0.520. The van der Waals surface area contributed by atoms with Gasteiger partial charge in [0.15, 0.2) is 0 Å². The maximum Gasteiger partial charge on any atom is 0.407 e. The van der Waals surface area contributed by atoms with Crippen molar-refractivity contribution < 1.29 is 33.4 Å². The van der Waals surface area contributed by atoms with Crippen molar-refractivity contribution in [2.75, 3.05) is 34.0 Å². The van der Waals surface area contributed by atoms with Crippen molar-refractivity contribution in [3.8, 4) is 22.4 Å². The van der Waals surface area contributed by atoms with E-state index in [2.05, 4.69) is 75.2 Å². The number of methoxy groups -OCH3 is 2. The molecule has 3 aliphatic heterocycles. The summed E-state index contributed by atoms with van der Waals surface area (Å²) in [5.41, 5.74) is 5.56. The molecule has 3 saturated heterocycles. The lowest BCUT2D eigenvalue weighted by molar-refractivity contribution is -0.138. The number of imidazole rings is 2. The number of nitrogens with one attached hydrogen (secondary N) is 4. The second-order valence-electron chi connectivity index (χ2n) is 19.4. The van der Waals surface area contributed by atoms with E-state index in [1.807, 2.05) is 43.7 Å². The minimum atomic E-state index is -0.740. The fourth-order valence-corrected chi connectivity index (χ4v) is 11.1. The average Bonchev–Trinajstić information content (AvgIpc) is 4.14. The number of amides is 4. The zero-order chi connectivity index (χ0) is 45.6. The lowest BCUT2D eigenvalue weighted by atomic mass is 9.80. The van der Waals surface area contributed by atoms with Gasteiger partial charge in [-0.15, -0.1) is 0 Å². The minimum Gasteiger partial charge on any atom is -0.453 e. The summed E-state index contributed by atoms with van der Waals surface area (Å²) in [7, 11) is 2.62. The molecule has 344 valence electrons. The third-order valence-corrected chi connectivity index (χ3v) is 14.6. The first-order valence-electron chi connectivity index (χ1n) is 23.3. The number of carbonyl (C=O) groups excluding carboxylic acids is 4. The lowest BCUT2D eigenvalue weighted by Crippen LogP contribution is -2.53. The molecule has 3 aromatic carbocycles. The topological polar surface area (TPSA) is 184 Å². The Labute approximate surface area is 379 Å². The predicted molar refractivity (Wildman–Crippen MR) is 246 cm³/mol. The summed E-state index contributed by atoms with van der Waals surface area (Å²) in [6.45, 7) is 9.57. The molecule has 5 aromatic rings. The SMILES string of the molecule is COC(=O)N[C@H](C(=O)N1C[C@]2(CCCOC2)C[C@H]1c1ncc(-c2ccc(-c3ccc4c(ccc5[nH]c([C@@H]6C[C@@H]7CCCC[C@@H]7N6C(=O)[C@@H](NC(=O)OC)C(C)C)nc54)c3)cc2)[nH]1)C(C)C. The standard InChI is InChI=1S/C50H62N8O7/c1-28(2)41(55-48(61)63-5)46(59)57-26-50(20-9-21-65-27-50)24-40(57)44-51-25-37(53-44)31-14-12-30(13-15-31)32-16-18-35-33(22-32)17-19-36-43(35)54-45(52-36)39-23-34-10-7-8-11-38(34)58(39)47(60)42(29(3)4)56-49(62)64-6/h12-19,22,25,28-29,34,38-42H,7-11,20-21,23-24,26-27H2,1-6H3,(H,51,53)(H,52,54)(H,55,61)(H,56,62)/t34-,38-,39-,40-,41-,42-,50-/m0/s1. The van der Waals surface area contributed by atoms with Crippen LogP contribution < -0.4 is 10.6 Å². The summed E-state index contributed by atoms with van der Waals surface area (Å²) in [5, 5.41) is 7.66. The summed E-state index contributed by atoms with van der Waals surface area (Å²) in [4.78, 5) is 74.3. The van der Waals surface area contributed by atoms with Crippen LogP contribution in [0.1, 0.15) is 103 Å². The molecule has 1 aliphatic carbocycles. The van der Waals surface area contributed by atoms with Crippen molar-refractivity contribution in [1.29, 1.82) is 0 Å². The molecule has 0 bridgehead atoms. The van der Waals surface area contributed by atoms with Gasteiger partial charge in [0.2, 0.25) is 11.8 Å². The first kappa shape index (κ1) is 44.3. The normalized spacial score (nSPS) is 24.1. The van der Waals surface area contributed by atoms with Crippen molar-refractivity contribution in [3.63, 3.8) is 0 Å². The minimum absolute atomic E-state index is 0.0829. The Kier molecular flexibility index (Phi) is 12.3. The number of hydrogen-bond acceptors (Lipinski definition) is 9. The van der Waals surface area contributed by atoms with Gasteiger partial charge in [-0.3, -0.25) is 9.59 Å². The Morgan fingerprint density at radius 3 is 2.18 bits per heavy atom. The molecule has 65 heavy (non-hydrogen) atoms. The predicted octanol–water partition coefficient (Wildman–Crippen LogP) is 8.44. The van der Waals surface area contributed by atoms with E-state index < -0.39 is 24.3 Å². The van der Waals surface area contributed by atoms with Crippen molar-refractivity contribution in [1.82, 2.24) is 40.4 Å². The van der Waals surface area contributed by atoms with Gasteiger partial charge in [0.05, 0.1) is 55.8 Å². The Hall–Kier alpha value is -5.96. The quantitative estimate of drug-likeness (QED) is 0.107. The molecule has 5 heterocycles. The monoisotopic (exact) mass is 886 g/mol. The van der Waals surface area contributed by atoms with Crippen LogP contribution in [0.2, 0.25) is 0 Å². The number of aromatic nitrogens is 4. The zero-order valence-electron chi connectivity index (χ0n) is 38.3. The molecule has 2 aromatic heterocycles. The molecule has 4 amide bonds. The van der Waals surface area contributed by atoms with E-state index in [0.29, 0.717) is 24.9 Å². The maximum absolute atomic E-state index is 14.4. The molecule has 15 nitrogen and oxygen atoms in total. The number of likely N-dealkylation sites (tertiary alicyclic amines) is 2. The highest BCUT2D eigenvalue weighted by atomic mass is 16.5. The fourth-order valence-electron chi connectivity index (χ4n) is 11.1. The van der Waals surface area contributed by atoms with E-state index in [4.69, 9.17) is 24.2 Å². The molecule has 1 spiro atoms. The summed E-state index contributed by atoms with van der Waals surface area (Å²) in [6, 6.07) is 17.2. The first-order valence-corrected chi connectivity index (χ1v) is 23.3. The van der Waals surface area contributed by atoms with Crippen LogP contribution in [0.25, 0.3) is 44.2 Å². The molecule has 15 heteroatoms. The Balaban J connectivity index is 0.952. The number of ether oxygens (including phenoxy) is 3. The number of rotatable bonds is 10. The molecule has 4 fully saturated rings. The average molecular weight is 887 g/mol. The van der Waals surface area contributed by atoms with Gasteiger partial charge >= 0.3 is 12.2 Å². The van der Waals surface area contributed by atoms with Crippen LogP contribution in [0.15, 0.2) is 60.8 Å². The van der Waals surface area contributed by atoms with Gasteiger partial charge in [-0.05, 0) is 90.5 Å². The smallest absolute Gasteiger partial charge is 0.407 e. The molecule has 9 rings (SSSR count). The van der Waals surface area contributed by atoms with E-state index in [9.17, 15) is 19.2 Å². The molecule has 4 aliphatic rings. The van der Waals surface area contributed by atoms with Crippen LogP contribution in [-0.4, -0.2) is 106 Å². The van der Waals surface area contributed by atoms with Gasteiger partial charge in [0, 0.05) is 30.0 Å². The van der Waals surface area contributed by atoms with Crippen molar-refractivity contribution >= 4 is 45.8 Å². The maximum atomic E-state index is 14.4. The van der Waals surface area contributed by atoms with Crippen LogP contribution in [-0.2, 0) is 23.8 Å². The van der Waals surface area contributed by atoms with E-state index in [-0.39, 0.29) is 47.2 Å². The van der Waals surface area contributed by atoms with Crippen LogP contribution >= 0.6 is 0 Å². The number of aromatic amines is 2. The molecule has 7 atom stereocenters. The van der Waals surface area contributed by atoms with Gasteiger partial charge < -0.3 is 44.6 Å². The largest absolute Gasteiger partial charge is 0.453 e. The van der Waals surface area contributed by atoms with E-state index in [0.717, 1.165) is 108 Å². The Bertz CT molecular complexity index is 2560. The van der Waals surface area contributed by atoms with Crippen LogP contribution in [0.4, 0.5) is 9.59 Å². The number of carbonyl (C=O) groups is 4. The number of H-pyrrole nitrogens is 2. The van der Waals surface area contributed by atoms with Gasteiger partial charge in [0.1, 0.15) is 23.7 Å². The molecule has 0 radical (unpaired) electrons. The molecule has 1 saturated carbocycles. The molecular weight excluding hydrogens is 825 g/mol. The second kappa shape index (κ2) is 18.1. The van der Waals surface area contributed by atoms with Crippen molar-refractivity contribution in [2.45, 2.75) is 109 Å². The van der Waals surface area contributed by atoms with Gasteiger partial charge in [-0.1, -0.05) is 83.0 Å². The van der Waals surface area contributed by atoms with Gasteiger partial charge in [-0.2, -0.15) is 0 Å². The highest BCUT2D eigenvalue weighted by Gasteiger charge is 2.51. The highest BCUT2D eigenvalue weighted by Crippen LogP contribution is 2.49. The third-order valence-electron chi connectivity index (χ3n) is 14.6. The molecular formula is C50H62N8O7. The Morgan fingerprint density at radius 2 is 1.49 bits per heavy atom. The second-order valence-corrected chi connectivity index (χ2v) is 19.4. The van der Waals surface area contributed by atoms with E-state index in [1.54, 1.807) is 0 Å². The highest BCUT2D eigenvalue weighted by molar-refractivity contribution is 6.05.